The first-order valence-electron chi connectivity index (χ1n) is 6.12. The number of hydrogen-bond acceptors (Lipinski definition) is 5. The average molecular weight is 364 g/mol. The molecule has 6 nitrogen and oxygen atoms in total. The highest BCUT2D eigenvalue weighted by Crippen LogP contribution is 2.33. The van der Waals surface area contributed by atoms with Crippen molar-refractivity contribution in [3.63, 3.8) is 0 Å². The van der Waals surface area contributed by atoms with Crippen molar-refractivity contribution in [3.05, 3.63) is 11.8 Å². The second-order valence-corrected chi connectivity index (χ2v) is 7.38. The van der Waals surface area contributed by atoms with E-state index in [1.54, 1.807) is 0 Å². The third-order valence-corrected chi connectivity index (χ3v) is 4.01. The molecule has 0 radical (unpaired) electrons. The molecule has 1 atom stereocenters. The Hall–Kier alpha value is -1.29. The van der Waals surface area contributed by atoms with Crippen molar-refractivity contribution in [2.45, 2.75) is 19.5 Å². The molecule has 0 spiro atoms. The molecular weight excluding hydrogens is 351 g/mol. The first-order chi connectivity index (χ1) is 9.94. The quantitative estimate of drug-likeness (QED) is 0.419. The molecule has 1 rings (SSSR count). The van der Waals surface area contributed by atoms with Gasteiger partial charge in [-0.05, 0) is 6.92 Å². The van der Waals surface area contributed by atoms with Gasteiger partial charge in [-0.25, -0.2) is 13.2 Å². The molecular formula is C11H13ClF3NO5S. The van der Waals surface area contributed by atoms with E-state index in [1.807, 2.05) is 0 Å². The first-order valence-corrected chi connectivity index (χ1v) is 8.60. The van der Waals surface area contributed by atoms with Crippen LogP contribution in [-0.2, 0) is 23.4 Å². The fourth-order valence-electron chi connectivity index (χ4n) is 2.02. The van der Waals surface area contributed by atoms with Crippen molar-refractivity contribution < 1.29 is 35.9 Å². The van der Waals surface area contributed by atoms with Gasteiger partial charge < -0.3 is 9.64 Å². The number of carbonyl (C=O) groups excluding carboxylic acids is 2. The van der Waals surface area contributed by atoms with Crippen molar-refractivity contribution >= 4 is 31.6 Å². The summed E-state index contributed by atoms with van der Waals surface area (Å²) in [7, 11) is 1.09. The molecule has 1 aliphatic heterocycles. The number of allylic oxidation sites excluding steroid dienone is 1. The van der Waals surface area contributed by atoms with E-state index in [4.69, 9.17) is 10.7 Å². The zero-order chi connectivity index (χ0) is 17.1. The van der Waals surface area contributed by atoms with E-state index in [1.165, 1.54) is 6.92 Å². The smallest absolute Gasteiger partial charge is 0.431 e. The lowest BCUT2D eigenvalue weighted by molar-refractivity contribution is -0.142. The Balaban J connectivity index is 3.02. The van der Waals surface area contributed by atoms with Crippen molar-refractivity contribution in [1.29, 1.82) is 0 Å². The number of alkyl halides is 3. The van der Waals surface area contributed by atoms with Gasteiger partial charge in [-0.3, -0.25) is 4.79 Å². The van der Waals surface area contributed by atoms with E-state index in [9.17, 15) is 31.2 Å². The summed E-state index contributed by atoms with van der Waals surface area (Å²) >= 11 is 0. The van der Waals surface area contributed by atoms with Gasteiger partial charge in [0.15, 0.2) is 0 Å². The molecule has 0 aliphatic carbocycles. The topological polar surface area (TPSA) is 80.8 Å². The maximum atomic E-state index is 13.0. The van der Waals surface area contributed by atoms with Crippen molar-refractivity contribution in [2.24, 2.45) is 5.92 Å². The highest BCUT2D eigenvalue weighted by Gasteiger charge is 2.45. The van der Waals surface area contributed by atoms with Crippen LogP contribution < -0.4 is 0 Å². The summed E-state index contributed by atoms with van der Waals surface area (Å²) in [6, 6.07) is 0. The molecule has 0 aromatic heterocycles. The number of carbonyl (C=O) groups is 2. The van der Waals surface area contributed by atoms with E-state index >= 15 is 0 Å². The number of halogens is 4. The largest absolute Gasteiger partial charge is 0.463 e. The summed E-state index contributed by atoms with van der Waals surface area (Å²) in [6.07, 6.45) is -5.18. The number of hydrogen-bond donors (Lipinski definition) is 0. The molecule has 11 heteroatoms. The lowest BCUT2D eigenvalue weighted by Gasteiger charge is -2.22. The van der Waals surface area contributed by atoms with Crippen LogP contribution in [0.5, 0.6) is 0 Å². The molecule has 22 heavy (non-hydrogen) atoms. The Morgan fingerprint density at radius 2 is 2.09 bits per heavy atom. The summed E-state index contributed by atoms with van der Waals surface area (Å²) in [5.74, 6) is -3.67. The van der Waals surface area contributed by atoms with Crippen LogP contribution in [0.15, 0.2) is 11.8 Å². The Morgan fingerprint density at radius 3 is 2.55 bits per heavy atom. The Kier molecular flexibility index (Phi) is 5.85. The molecule has 1 amide bonds. The molecule has 126 valence electrons. The van der Waals surface area contributed by atoms with Gasteiger partial charge in [-0.2, -0.15) is 13.2 Å². The molecule has 1 saturated heterocycles. The second kappa shape index (κ2) is 6.86. The Bertz CT molecular complexity index is 587. The van der Waals surface area contributed by atoms with E-state index in [2.05, 4.69) is 4.74 Å². The summed E-state index contributed by atoms with van der Waals surface area (Å²) in [6.45, 7) is 0.804. The average Bonchev–Trinajstić information content (AvgIpc) is 2.63. The standard InChI is InChI=1S/C11H13ClF3NO5S/c1-2-21-10(18)4-8(11(13,14)15)16-5-7(3-9(16)17)6-22(12,19)20/h4,7H,2-3,5-6H2,1H3. The molecule has 1 fully saturated rings. The summed E-state index contributed by atoms with van der Waals surface area (Å²) in [4.78, 5) is 23.3. The molecule has 0 saturated carbocycles. The van der Waals surface area contributed by atoms with Crippen molar-refractivity contribution in [2.75, 3.05) is 18.9 Å². The fourth-order valence-corrected chi connectivity index (χ4v) is 3.34. The van der Waals surface area contributed by atoms with E-state index in [-0.39, 0.29) is 12.7 Å². The number of amides is 1. The summed E-state index contributed by atoms with van der Waals surface area (Å²) < 4.78 is 65.3. The minimum atomic E-state index is -4.96. The molecule has 0 aromatic rings. The Morgan fingerprint density at radius 1 is 1.50 bits per heavy atom. The van der Waals surface area contributed by atoms with Gasteiger partial charge in [-0.15, -0.1) is 0 Å². The van der Waals surface area contributed by atoms with Gasteiger partial charge in [0.1, 0.15) is 5.70 Å². The molecule has 0 bridgehead atoms. The predicted molar refractivity (Wildman–Crippen MR) is 70.2 cm³/mol. The molecule has 1 heterocycles. The lowest BCUT2D eigenvalue weighted by atomic mass is 10.1. The van der Waals surface area contributed by atoms with Crippen LogP contribution >= 0.6 is 10.7 Å². The maximum absolute atomic E-state index is 13.0. The Labute approximate surface area is 129 Å². The van der Waals surface area contributed by atoms with Crippen LogP contribution in [0.3, 0.4) is 0 Å². The third-order valence-electron chi connectivity index (χ3n) is 2.76. The van der Waals surface area contributed by atoms with Gasteiger partial charge in [0.25, 0.3) is 0 Å². The van der Waals surface area contributed by atoms with Crippen LogP contribution in [0.1, 0.15) is 13.3 Å². The fraction of sp³-hybridized carbons (Fsp3) is 0.636. The van der Waals surface area contributed by atoms with Crippen molar-refractivity contribution in [3.8, 4) is 0 Å². The third kappa shape index (κ3) is 5.48. The summed E-state index contributed by atoms with van der Waals surface area (Å²) in [5, 5.41) is 0. The SMILES string of the molecule is CCOC(=O)C=C(N1CC(CS(=O)(=O)Cl)CC1=O)C(F)(F)F. The highest BCUT2D eigenvalue weighted by molar-refractivity contribution is 8.13. The number of nitrogens with zero attached hydrogens (tertiary/aromatic N) is 1. The number of likely N-dealkylation sites (tertiary alicyclic amines) is 1. The maximum Gasteiger partial charge on any atom is 0.431 e. The highest BCUT2D eigenvalue weighted by atomic mass is 35.7. The summed E-state index contributed by atoms with van der Waals surface area (Å²) in [5.41, 5.74) is -1.48. The molecule has 1 aliphatic rings. The minimum absolute atomic E-state index is 0.123. The molecule has 0 aromatic carbocycles. The van der Waals surface area contributed by atoms with Gasteiger partial charge in [0.2, 0.25) is 15.0 Å². The van der Waals surface area contributed by atoms with E-state index < -0.39 is 57.4 Å². The predicted octanol–water partition coefficient (Wildman–Crippen LogP) is 1.41. The van der Waals surface area contributed by atoms with E-state index in [0.29, 0.717) is 4.90 Å². The minimum Gasteiger partial charge on any atom is -0.463 e. The normalized spacial score (nSPS) is 20.4. The van der Waals surface area contributed by atoms with Crippen LogP contribution in [0.2, 0.25) is 0 Å². The number of rotatable bonds is 5. The molecule has 0 N–H and O–H groups in total. The van der Waals surface area contributed by atoms with Gasteiger partial charge in [-0.1, -0.05) is 0 Å². The van der Waals surface area contributed by atoms with Crippen LogP contribution in [-0.4, -0.2) is 50.3 Å². The van der Waals surface area contributed by atoms with Gasteiger partial charge in [0.05, 0.1) is 18.4 Å². The zero-order valence-electron chi connectivity index (χ0n) is 11.4. The van der Waals surface area contributed by atoms with Crippen LogP contribution in [0.4, 0.5) is 13.2 Å². The van der Waals surface area contributed by atoms with E-state index in [0.717, 1.165) is 0 Å². The van der Waals surface area contributed by atoms with Crippen molar-refractivity contribution in [1.82, 2.24) is 4.90 Å². The monoisotopic (exact) mass is 363 g/mol. The van der Waals surface area contributed by atoms with Gasteiger partial charge >= 0.3 is 12.1 Å². The van der Waals surface area contributed by atoms with Crippen LogP contribution in [0.25, 0.3) is 0 Å². The number of esters is 1. The molecule has 1 unspecified atom stereocenters. The second-order valence-electron chi connectivity index (χ2n) is 4.56. The number of ether oxygens (including phenoxy) is 1. The first kappa shape index (κ1) is 18.8. The van der Waals surface area contributed by atoms with Crippen LogP contribution in [0, 0.1) is 5.92 Å². The zero-order valence-corrected chi connectivity index (χ0v) is 13.0. The van der Waals surface area contributed by atoms with Gasteiger partial charge in [0, 0.05) is 29.6 Å². The lowest BCUT2D eigenvalue weighted by Crippen LogP contribution is -2.34.